The van der Waals surface area contributed by atoms with Crippen LogP contribution in [0.2, 0.25) is 0 Å². The Morgan fingerprint density at radius 3 is 2.38 bits per heavy atom. The molecule has 0 radical (unpaired) electrons. The summed E-state index contributed by atoms with van der Waals surface area (Å²) in [5.41, 5.74) is 0.696. The van der Waals surface area contributed by atoms with Crippen molar-refractivity contribution in [2.45, 2.75) is 58.4 Å². The highest BCUT2D eigenvalue weighted by Crippen LogP contribution is 2.41. The molecule has 0 unspecified atom stereocenters. The van der Waals surface area contributed by atoms with Crippen LogP contribution in [-0.4, -0.2) is 25.3 Å². The third-order valence-corrected chi connectivity index (χ3v) is 3.87. The summed E-state index contributed by atoms with van der Waals surface area (Å²) in [4.78, 5) is 0. The van der Waals surface area contributed by atoms with Gasteiger partial charge in [-0.15, -0.1) is 0 Å². The van der Waals surface area contributed by atoms with E-state index in [0.717, 1.165) is 25.7 Å². The molecule has 2 aliphatic carbocycles. The molecule has 0 heterocycles. The molecule has 2 fully saturated rings. The van der Waals surface area contributed by atoms with Crippen LogP contribution >= 0.6 is 0 Å². The summed E-state index contributed by atoms with van der Waals surface area (Å²) in [6, 6.07) is 0. The lowest BCUT2D eigenvalue weighted by atomic mass is 9.69. The monoisotopic (exact) mass is 225 g/mol. The highest BCUT2D eigenvalue weighted by Gasteiger charge is 2.38. The Morgan fingerprint density at radius 1 is 1.25 bits per heavy atom. The molecule has 1 N–H and O–H groups in total. The lowest BCUT2D eigenvalue weighted by Gasteiger charge is -2.43. The Kier molecular flexibility index (Phi) is 3.60. The van der Waals surface area contributed by atoms with Crippen LogP contribution in [0.1, 0.15) is 52.9 Å². The fourth-order valence-corrected chi connectivity index (χ4v) is 2.23. The molecule has 16 heavy (non-hydrogen) atoms. The first-order valence-electron chi connectivity index (χ1n) is 6.82. The van der Waals surface area contributed by atoms with Gasteiger partial charge in [0.15, 0.2) is 0 Å². The van der Waals surface area contributed by atoms with Crippen molar-refractivity contribution in [3.05, 3.63) is 0 Å². The number of ether oxygens (including phenoxy) is 1. The Bertz CT molecular complexity index is 223. The van der Waals surface area contributed by atoms with Crippen molar-refractivity contribution in [1.82, 2.24) is 5.32 Å². The summed E-state index contributed by atoms with van der Waals surface area (Å²) in [5.74, 6) is 0.896. The first kappa shape index (κ1) is 12.4. The van der Waals surface area contributed by atoms with E-state index in [1.165, 1.54) is 32.1 Å². The normalized spacial score (nSPS) is 24.2. The Hall–Kier alpha value is -0.0800. The number of rotatable bonds is 6. The molecule has 0 atom stereocenters. The molecule has 2 aliphatic rings. The van der Waals surface area contributed by atoms with Gasteiger partial charge >= 0.3 is 0 Å². The molecule has 0 spiro atoms. The van der Waals surface area contributed by atoms with E-state index in [4.69, 9.17) is 4.74 Å². The second-order valence-electron chi connectivity index (χ2n) is 6.92. The van der Waals surface area contributed by atoms with E-state index in [-0.39, 0.29) is 5.54 Å². The van der Waals surface area contributed by atoms with E-state index in [2.05, 4.69) is 26.1 Å². The van der Waals surface area contributed by atoms with E-state index in [1.807, 2.05) is 0 Å². The molecule has 94 valence electrons. The van der Waals surface area contributed by atoms with Crippen molar-refractivity contribution in [3.63, 3.8) is 0 Å². The summed E-state index contributed by atoms with van der Waals surface area (Å²) in [5, 5.41) is 3.64. The lowest BCUT2D eigenvalue weighted by Crippen LogP contribution is -2.49. The third-order valence-electron chi connectivity index (χ3n) is 3.87. The minimum absolute atomic E-state index is 0.235. The van der Waals surface area contributed by atoms with Gasteiger partial charge in [0.2, 0.25) is 0 Å². The second kappa shape index (κ2) is 4.66. The van der Waals surface area contributed by atoms with E-state index >= 15 is 0 Å². The third kappa shape index (κ3) is 3.74. The molecular weight excluding hydrogens is 198 g/mol. The van der Waals surface area contributed by atoms with E-state index in [0.29, 0.717) is 5.41 Å². The van der Waals surface area contributed by atoms with Gasteiger partial charge in [-0.05, 0) is 52.4 Å². The Morgan fingerprint density at radius 2 is 1.94 bits per heavy atom. The zero-order chi connectivity index (χ0) is 11.6. The minimum atomic E-state index is 0.235. The molecule has 0 aromatic heterocycles. The highest BCUT2D eigenvalue weighted by atomic mass is 16.5. The summed E-state index contributed by atoms with van der Waals surface area (Å²) >= 11 is 0. The van der Waals surface area contributed by atoms with Crippen LogP contribution in [0, 0.1) is 11.3 Å². The van der Waals surface area contributed by atoms with E-state index in [9.17, 15) is 0 Å². The number of nitrogens with one attached hydrogen (secondary N) is 1. The van der Waals surface area contributed by atoms with E-state index < -0.39 is 0 Å². The fourth-order valence-electron chi connectivity index (χ4n) is 2.23. The van der Waals surface area contributed by atoms with Crippen molar-refractivity contribution >= 4 is 0 Å². The van der Waals surface area contributed by atoms with Crippen LogP contribution in [0.25, 0.3) is 0 Å². The zero-order valence-electron chi connectivity index (χ0n) is 11.1. The standard InChI is InChI=1S/C14H27NO/c1-13(2,3)15-10-14(7-4-8-14)11-16-9-12-5-6-12/h12,15H,4-11H2,1-3H3. The molecule has 2 nitrogen and oxygen atoms in total. The van der Waals surface area contributed by atoms with Crippen LogP contribution in [-0.2, 0) is 4.74 Å². The van der Waals surface area contributed by atoms with Gasteiger partial charge in [0.1, 0.15) is 0 Å². The second-order valence-corrected chi connectivity index (χ2v) is 6.92. The Balaban J connectivity index is 1.68. The Labute approximate surface area is 100 Å². The average molecular weight is 225 g/mol. The maximum absolute atomic E-state index is 5.89. The van der Waals surface area contributed by atoms with Gasteiger partial charge in [-0.2, -0.15) is 0 Å². The molecule has 2 heteroatoms. The summed E-state index contributed by atoms with van der Waals surface area (Å²) in [6.45, 7) is 9.84. The van der Waals surface area contributed by atoms with Gasteiger partial charge in [-0.3, -0.25) is 0 Å². The van der Waals surface area contributed by atoms with Gasteiger partial charge in [0, 0.05) is 24.1 Å². The quantitative estimate of drug-likeness (QED) is 0.750. The number of hydrogen-bond acceptors (Lipinski definition) is 2. The topological polar surface area (TPSA) is 21.3 Å². The number of hydrogen-bond donors (Lipinski definition) is 1. The molecule has 0 amide bonds. The van der Waals surface area contributed by atoms with Crippen LogP contribution in [0.15, 0.2) is 0 Å². The lowest BCUT2D eigenvalue weighted by molar-refractivity contribution is -0.0124. The van der Waals surface area contributed by atoms with Crippen molar-refractivity contribution < 1.29 is 4.74 Å². The molecule has 2 rings (SSSR count). The summed E-state index contributed by atoms with van der Waals surface area (Å²) in [7, 11) is 0. The molecule has 0 aliphatic heterocycles. The molecule has 2 saturated carbocycles. The smallest absolute Gasteiger partial charge is 0.0534 e. The van der Waals surface area contributed by atoms with Crippen LogP contribution in [0.4, 0.5) is 0 Å². The van der Waals surface area contributed by atoms with Crippen molar-refractivity contribution in [3.8, 4) is 0 Å². The molecule has 0 aromatic rings. The van der Waals surface area contributed by atoms with Gasteiger partial charge in [0.25, 0.3) is 0 Å². The first-order valence-corrected chi connectivity index (χ1v) is 6.82. The minimum Gasteiger partial charge on any atom is -0.381 e. The van der Waals surface area contributed by atoms with Crippen molar-refractivity contribution in [2.24, 2.45) is 11.3 Å². The van der Waals surface area contributed by atoms with Gasteiger partial charge in [-0.25, -0.2) is 0 Å². The first-order chi connectivity index (χ1) is 7.49. The van der Waals surface area contributed by atoms with Gasteiger partial charge < -0.3 is 10.1 Å². The maximum atomic E-state index is 5.89. The summed E-state index contributed by atoms with van der Waals surface area (Å²) in [6.07, 6.45) is 6.88. The van der Waals surface area contributed by atoms with Gasteiger partial charge in [0.05, 0.1) is 6.61 Å². The summed E-state index contributed by atoms with van der Waals surface area (Å²) < 4.78 is 5.89. The van der Waals surface area contributed by atoms with Crippen molar-refractivity contribution in [1.29, 1.82) is 0 Å². The zero-order valence-corrected chi connectivity index (χ0v) is 11.1. The van der Waals surface area contributed by atoms with Crippen molar-refractivity contribution in [2.75, 3.05) is 19.8 Å². The largest absolute Gasteiger partial charge is 0.381 e. The maximum Gasteiger partial charge on any atom is 0.0534 e. The molecular formula is C14H27NO. The average Bonchev–Trinajstić information content (AvgIpc) is 2.90. The van der Waals surface area contributed by atoms with Crippen LogP contribution < -0.4 is 5.32 Å². The van der Waals surface area contributed by atoms with E-state index in [1.54, 1.807) is 0 Å². The predicted octanol–water partition coefficient (Wildman–Crippen LogP) is 2.97. The molecule has 0 aromatic carbocycles. The SMILES string of the molecule is CC(C)(C)NCC1(COCC2CC2)CCC1. The molecule has 0 bridgehead atoms. The highest BCUT2D eigenvalue weighted by molar-refractivity contribution is 4.91. The predicted molar refractivity (Wildman–Crippen MR) is 67.6 cm³/mol. The van der Waals surface area contributed by atoms with Crippen LogP contribution in [0.5, 0.6) is 0 Å². The fraction of sp³-hybridized carbons (Fsp3) is 1.00. The van der Waals surface area contributed by atoms with Crippen LogP contribution in [0.3, 0.4) is 0 Å². The molecule has 0 saturated heterocycles. The van der Waals surface area contributed by atoms with Gasteiger partial charge in [-0.1, -0.05) is 6.42 Å².